The smallest absolute Gasteiger partial charge is 0.328 e. The van der Waals surface area contributed by atoms with Crippen LogP contribution >= 0.6 is 0 Å². The molecule has 0 unspecified atom stereocenters. The summed E-state index contributed by atoms with van der Waals surface area (Å²) in [6.07, 6.45) is 1.29. The molecule has 0 saturated carbocycles. The first kappa shape index (κ1) is 19.4. The molecule has 11 nitrogen and oxygen atoms in total. The van der Waals surface area contributed by atoms with Crippen LogP contribution < -0.4 is 27.2 Å². The maximum absolute atomic E-state index is 12.5. The van der Waals surface area contributed by atoms with E-state index in [9.17, 15) is 24.0 Å². The van der Waals surface area contributed by atoms with Gasteiger partial charge in [-0.1, -0.05) is 0 Å². The van der Waals surface area contributed by atoms with Crippen molar-refractivity contribution in [3.05, 3.63) is 32.6 Å². The second kappa shape index (κ2) is 8.94. The molecule has 26 heavy (non-hydrogen) atoms. The van der Waals surface area contributed by atoms with E-state index in [0.29, 0.717) is 18.7 Å². The molecule has 4 N–H and O–H groups in total. The molecule has 142 valence electrons. The summed E-state index contributed by atoms with van der Waals surface area (Å²) in [6, 6.07) is 0. The summed E-state index contributed by atoms with van der Waals surface area (Å²) in [7, 11) is 0. The van der Waals surface area contributed by atoms with Gasteiger partial charge in [0.15, 0.2) is 0 Å². The van der Waals surface area contributed by atoms with E-state index in [1.807, 2.05) is 0 Å². The van der Waals surface area contributed by atoms with E-state index in [1.165, 1.54) is 18.0 Å². The van der Waals surface area contributed by atoms with Gasteiger partial charge in [-0.3, -0.25) is 28.7 Å². The van der Waals surface area contributed by atoms with Gasteiger partial charge in [-0.2, -0.15) is 0 Å². The number of H-pyrrole nitrogens is 1. The lowest BCUT2D eigenvalue weighted by Gasteiger charge is -2.23. The predicted molar refractivity (Wildman–Crippen MR) is 91.5 cm³/mol. The van der Waals surface area contributed by atoms with Gasteiger partial charge in [-0.25, -0.2) is 4.79 Å². The normalized spacial score (nSPS) is 16.9. The van der Waals surface area contributed by atoms with Gasteiger partial charge in [0, 0.05) is 37.9 Å². The number of rotatable bonds is 2. The van der Waals surface area contributed by atoms with Crippen LogP contribution in [0, 0.1) is 6.92 Å². The van der Waals surface area contributed by atoms with Crippen molar-refractivity contribution in [3.8, 4) is 0 Å². The Hall–Kier alpha value is -2.95. The molecule has 0 bridgehead atoms. The molecular formula is C15H22N6O5. The molecule has 1 saturated heterocycles. The minimum atomic E-state index is -0.702. The fourth-order valence-corrected chi connectivity index (χ4v) is 2.39. The van der Waals surface area contributed by atoms with Crippen LogP contribution in [0.15, 0.2) is 15.8 Å². The van der Waals surface area contributed by atoms with Crippen molar-refractivity contribution in [2.75, 3.05) is 39.3 Å². The number of nitrogens with one attached hydrogen (secondary N) is 4. The molecule has 11 heteroatoms. The first-order valence-electron chi connectivity index (χ1n) is 8.19. The number of amides is 3. The van der Waals surface area contributed by atoms with Gasteiger partial charge in [0.05, 0.1) is 13.1 Å². The summed E-state index contributed by atoms with van der Waals surface area (Å²) in [6.45, 7) is 2.19. The van der Waals surface area contributed by atoms with E-state index in [0.717, 1.165) is 4.57 Å². The van der Waals surface area contributed by atoms with E-state index in [-0.39, 0.29) is 44.5 Å². The van der Waals surface area contributed by atoms with Crippen LogP contribution in [0.5, 0.6) is 0 Å². The van der Waals surface area contributed by atoms with Gasteiger partial charge in [-0.05, 0) is 6.92 Å². The van der Waals surface area contributed by atoms with E-state index >= 15 is 0 Å². The Morgan fingerprint density at radius 1 is 1.08 bits per heavy atom. The van der Waals surface area contributed by atoms with E-state index < -0.39 is 17.2 Å². The van der Waals surface area contributed by atoms with Gasteiger partial charge in [0.2, 0.25) is 17.7 Å². The third-order valence-corrected chi connectivity index (χ3v) is 3.80. The SMILES string of the molecule is Cc1cn(CC(=O)N2CCNC(=O)CNCCNC(=O)C2)c(=O)[nH]c1=O. The van der Waals surface area contributed by atoms with Crippen LogP contribution in [0.1, 0.15) is 5.56 Å². The highest BCUT2D eigenvalue weighted by Crippen LogP contribution is 1.94. The summed E-state index contributed by atoms with van der Waals surface area (Å²) in [5.74, 6) is -1.02. The molecule has 2 heterocycles. The van der Waals surface area contributed by atoms with Crippen LogP contribution in [0.3, 0.4) is 0 Å². The minimum Gasteiger partial charge on any atom is -0.353 e. The summed E-state index contributed by atoms with van der Waals surface area (Å²) >= 11 is 0. The molecule has 1 fully saturated rings. The average Bonchev–Trinajstić information content (AvgIpc) is 2.57. The molecule has 0 atom stereocenters. The quantitative estimate of drug-likeness (QED) is 0.427. The Bertz CT molecular complexity index is 798. The van der Waals surface area contributed by atoms with Crippen molar-refractivity contribution in [2.45, 2.75) is 13.5 Å². The van der Waals surface area contributed by atoms with Crippen LogP contribution in [0.2, 0.25) is 0 Å². The maximum atomic E-state index is 12.5. The number of aromatic nitrogens is 2. The van der Waals surface area contributed by atoms with Gasteiger partial charge in [0.25, 0.3) is 5.56 Å². The zero-order valence-corrected chi connectivity index (χ0v) is 14.5. The fourth-order valence-electron chi connectivity index (χ4n) is 2.39. The van der Waals surface area contributed by atoms with Gasteiger partial charge >= 0.3 is 5.69 Å². The Labute approximate surface area is 148 Å². The standard InChI is InChI=1S/C15H22N6O5/c1-10-7-21(15(26)19-14(10)25)9-13(24)20-5-4-18-11(22)6-16-2-3-17-12(23)8-20/h7,16H,2-6,8-9H2,1H3,(H,17,23)(H,18,22)(H,19,25,26). The molecule has 1 aromatic rings. The molecule has 0 aliphatic carbocycles. The van der Waals surface area contributed by atoms with Crippen LogP contribution in [0.25, 0.3) is 0 Å². The number of aromatic amines is 1. The molecule has 3 amide bonds. The van der Waals surface area contributed by atoms with Crippen LogP contribution in [0.4, 0.5) is 0 Å². The average molecular weight is 366 g/mol. The lowest BCUT2D eigenvalue weighted by atomic mass is 10.3. The Morgan fingerprint density at radius 2 is 1.81 bits per heavy atom. The third-order valence-electron chi connectivity index (χ3n) is 3.80. The molecule has 0 spiro atoms. The first-order chi connectivity index (χ1) is 12.4. The van der Waals surface area contributed by atoms with Gasteiger partial charge in [-0.15, -0.1) is 0 Å². The number of carbonyl (C=O) groups is 3. The molecular weight excluding hydrogens is 344 g/mol. The number of nitrogens with zero attached hydrogens (tertiary/aromatic N) is 2. The van der Waals surface area contributed by atoms with Crippen LogP contribution in [-0.2, 0) is 20.9 Å². The van der Waals surface area contributed by atoms with E-state index in [4.69, 9.17) is 0 Å². The van der Waals surface area contributed by atoms with Crippen molar-refractivity contribution in [2.24, 2.45) is 0 Å². The number of hydrogen-bond acceptors (Lipinski definition) is 6. The Morgan fingerprint density at radius 3 is 2.58 bits per heavy atom. The third kappa shape index (κ3) is 5.55. The molecule has 1 aliphatic heterocycles. The predicted octanol–water partition coefficient (Wildman–Crippen LogP) is -3.49. The monoisotopic (exact) mass is 366 g/mol. The summed E-state index contributed by atoms with van der Waals surface area (Å²) in [5.41, 5.74) is -0.920. The van der Waals surface area contributed by atoms with E-state index in [1.54, 1.807) is 0 Å². The van der Waals surface area contributed by atoms with Crippen LogP contribution in [-0.4, -0.2) is 71.4 Å². The summed E-state index contributed by atoms with van der Waals surface area (Å²) in [5, 5.41) is 8.18. The molecule has 0 aromatic carbocycles. The zero-order chi connectivity index (χ0) is 19.1. The molecule has 2 rings (SSSR count). The second-order valence-corrected chi connectivity index (χ2v) is 5.89. The number of hydrogen-bond donors (Lipinski definition) is 4. The van der Waals surface area contributed by atoms with Crippen molar-refractivity contribution in [1.29, 1.82) is 0 Å². The highest BCUT2D eigenvalue weighted by molar-refractivity contribution is 5.85. The lowest BCUT2D eigenvalue weighted by molar-refractivity contribution is -0.136. The highest BCUT2D eigenvalue weighted by atomic mass is 16.2. The fraction of sp³-hybridized carbons (Fsp3) is 0.533. The maximum Gasteiger partial charge on any atom is 0.328 e. The highest BCUT2D eigenvalue weighted by Gasteiger charge is 2.19. The zero-order valence-electron chi connectivity index (χ0n) is 14.5. The minimum absolute atomic E-state index is 0.120. The van der Waals surface area contributed by atoms with Crippen molar-refractivity contribution >= 4 is 17.7 Å². The first-order valence-corrected chi connectivity index (χ1v) is 8.19. The van der Waals surface area contributed by atoms with Crippen molar-refractivity contribution in [1.82, 2.24) is 30.4 Å². The van der Waals surface area contributed by atoms with Gasteiger partial charge < -0.3 is 20.9 Å². The molecule has 0 radical (unpaired) electrons. The largest absolute Gasteiger partial charge is 0.353 e. The van der Waals surface area contributed by atoms with E-state index in [2.05, 4.69) is 20.9 Å². The number of aryl methyl sites for hydroxylation is 1. The lowest BCUT2D eigenvalue weighted by Crippen LogP contribution is -2.49. The van der Waals surface area contributed by atoms with Crippen molar-refractivity contribution < 1.29 is 14.4 Å². The summed E-state index contributed by atoms with van der Waals surface area (Å²) in [4.78, 5) is 62.7. The topological polar surface area (TPSA) is 145 Å². The Balaban J connectivity index is 2.10. The van der Waals surface area contributed by atoms with Crippen molar-refractivity contribution in [3.63, 3.8) is 0 Å². The van der Waals surface area contributed by atoms with Gasteiger partial charge in [0.1, 0.15) is 6.54 Å². The number of carbonyl (C=O) groups excluding carboxylic acids is 3. The molecule has 1 aromatic heterocycles. The summed E-state index contributed by atoms with van der Waals surface area (Å²) < 4.78 is 1.08. The second-order valence-electron chi connectivity index (χ2n) is 5.89. The molecule has 1 aliphatic rings. The Kier molecular flexibility index (Phi) is 6.67.